The molecule has 0 atom stereocenters. The number of terminal acetylenes is 1. The van der Waals surface area contributed by atoms with E-state index in [4.69, 9.17) is 10.9 Å². The van der Waals surface area contributed by atoms with E-state index in [0.29, 0.717) is 22.5 Å². The first-order valence-electron chi connectivity index (χ1n) is 7.22. The number of pyridine rings is 1. The number of rotatable bonds is 3. The lowest BCUT2D eigenvalue weighted by molar-refractivity contribution is 0.102. The fourth-order valence-electron chi connectivity index (χ4n) is 2.28. The molecule has 3 rings (SSSR count). The molecule has 0 aliphatic carbocycles. The van der Waals surface area contributed by atoms with Crippen molar-refractivity contribution < 1.29 is 9.32 Å². The molecular formula is C18H15N3O2. The number of carbonyl (C=O) groups is 1. The van der Waals surface area contributed by atoms with E-state index in [9.17, 15) is 4.79 Å². The van der Waals surface area contributed by atoms with Crippen LogP contribution >= 0.6 is 0 Å². The average Bonchev–Trinajstić information content (AvgIpc) is 2.98. The molecular weight excluding hydrogens is 290 g/mol. The van der Waals surface area contributed by atoms with Crippen molar-refractivity contribution in [2.45, 2.75) is 19.8 Å². The van der Waals surface area contributed by atoms with Crippen molar-refractivity contribution in [3.8, 4) is 12.3 Å². The van der Waals surface area contributed by atoms with Crippen LogP contribution in [0.25, 0.3) is 11.1 Å². The third kappa shape index (κ3) is 2.92. The van der Waals surface area contributed by atoms with Gasteiger partial charge in [0.2, 0.25) is 0 Å². The van der Waals surface area contributed by atoms with Crippen LogP contribution in [-0.4, -0.2) is 16.0 Å². The van der Waals surface area contributed by atoms with E-state index in [1.807, 2.05) is 13.8 Å². The third-order valence-electron chi connectivity index (χ3n) is 3.45. The maximum atomic E-state index is 12.4. The van der Waals surface area contributed by atoms with Gasteiger partial charge in [0.25, 0.3) is 11.6 Å². The minimum Gasteiger partial charge on any atom is -0.336 e. The Hall–Kier alpha value is -3.13. The van der Waals surface area contributed by atoms with Crippen molar-refractivity contribution in [1.82, 2.24) is 10.1 Å². The van der Waals surface area contributed by atoms with Crippen molar-refractivity contribution in [2.24, 2.45) is 0 Å². The van der Waals surface area contributed by atoms with E-state index in [-0.39, 0.29) is 11.8 Å². The molecule has 5 heteroatoms. The second kappa shape index (κ2) is 5.93. The van der Waals surface area contributed by atoms with Gasteiger partial charge in [-0.2, -0.15) is 0 Å². The van der Waals surface area contributed by atoms with Crippen LogP contribution in [0, 0.1) is 12.3 Å². The Labute approximate surface area is 133 Å². The van der Waals surface area contributed by atoms with Crippen molar-refractivity contribution in [3.63, 3.8) is 0 Å². The largest absolute Gasteiger partial charge is 0.336 e. The lowest BCUT2D eigenvalue weighted by Gasteiger charge is -2.06. The minimum absolute atomic E-state index is 0.184. The van der Waals surface area contributed by atoms with E-state index in [0.717, 1.165) is 11.1 Å². The highest BCUT2D eigenvalue weighted by atomic mass is 16.5. The molecule has 0 bridgehead atoms. The molecule has 0 spiro atoms. The first-order chi connectivity index (χ1) is 11.1. The van der Waals surface area contributed by atoms with Gasteiger partial charge in [0, 0.05) is 17.4 Å². The highest BCUT2D eigenvalue weighted by Gasteiger charge is 2.15. The number of benzene rings is 1. The number of nitrogens with one attached hydrogen (secondary N) is 1. The number of fused-ring (bicyclic) bond motifs is 1. The predicted molar refractivity (Wildman–Crippen MR) is 88.2 cm³/mol. The van der Waals surface area contributed by atoms with Gasteiger partial charge >= 0.3 is 0 Å². The summed E-state index contributed by atoms with van der Waals surface area (Å²) in [6.45, 7) is 4.02. The summed E-state index contributed by atoms with van der Waals surface area (Å²) in [7, 11) is 0. The summed E-state index contributed by atoms with van der Waals surface area (Å²) in [5.41, 5.74) is 3.00. The number of carbonyl (C=O) groups excluding carboxylic acids is 1. The second-order valence-electron chi connectivity index (χ2n) is 5.48. The number of nitrogens with zero attached hydrogens (tertiary/aromatic N) is 2. The minimum atomic E-state index is -0.260. The van der Waals surface area contributed by atoms with E-state index in [2.05, 4.69) is 21.4 Å². The lowest BCUT2D eigenvalue weighted by Crippen LogP contribution is -2.12. The van der Waals surface area contributed by atoms with Crippen LogP contribution in [0.15, 0.2) is 41.1 Å². The molecule has 1 N–H and O–H groups in total. The molecule has 3 aromatic rings. The van der Waals surface area contributed by atoms with Gasteiger partial charge in [-0.1, -0.05) is 31.0 Å². The van der Waals surface area contributed by atoms with Gasteiger partial charge in [-0.05, 0) is 30.2 Å². The summed E-state index contributed by atoms with van der Waals surface area (Å²) in [5, 5.41) is 7.58. The van der Waals surface area contributed by atoms with Crippen LogP contribution in [0.2, 0.25) is 0 Å². The fraction of sp³-hybridized carbons (Fsp3) is 0.167. The van der Waals surface area contributed by atoms with Crippen LogP contribution in [0.3, 0.4) is 0 Å². The van der Waals surface area contributed by atoms with Gasteiger partial charge in [-0.25, -0.2) is 4.98 Å². The molecule has 0 aliphatic heterocycles. The predicted octanol–water partition coefficient (Wildman–Crippen LogP) is 3.58. The highest BCUT2D eigenvalue weighted by molar-refractivity contribution is 6.05. The van der Waals surface area contributed by atoms with Crippen molar-refractivity contribution in [1.29, 1.82) is 0 Å². The van der Waals surface area contributed by atoms with Crippen LogP contribution in [0.4, 0.5) is 5.69 Å². The van der Waals surface area contributed by atoms with Gasteiger partial charge in [-0.15, -0.1) is 6.42 Å². The number of hydrogen-bond donors (Lipinski definition) is 1. The number of amides is 1. The molecule has 23 heavy (non-hydrogen) atoms. The van der Waals surface area contributed by atoms with Crippen LogP contribution in [-0.2, 0) is 0 Å². The van der Waals surface area contributed by atoms with E-state index < -0.39 is 0 Å². The Morgan fingerprint density at radius 1 is 1.35 bits per heavy atom. The molecule has 0 fully saturated rings. The smallest absolute Gasteiger partial charge is 0.257 e. The van der Waals surface area contributed by atoms with Gasteiger partial charge in [0.05, 0.1) is 16.6 Å². The molecule has 0 aliphatic rings. The summed E-state index contributed by atoms with van der Waals surface area (Å²) in [5.74, 6) is 2.46. The summed E-state index contributed by atoms with van der Waals surface area (Å²) < 4.78 is 5.18. The fourth-order valence-corrected chi connectivity index (χ4v) is 2.28. The zero-order valence-electron chi connectivity index (χ0n) is 12.8. The molecule has 1 amide bonds. The van der Waals surface area contributed by atoms with E-state index in [1.54, 1.807) is 30.3 Å². The summed E-state index contributed by atoms with van der Waals surface area (Å²) >= 11 is 0. The normalized spacial score (nSPS) is 10.7. The van der Waals surface area contributed by atoms with Crippen LogP contribution in [0.5, 0.6) is 0 Å². The second-order valence-corrected chi connectivity index (χ2v) is 5.48. The standard InChI is InChI=1S/C18H15N3O2/c1-4-12-6-5-7-14(8-12)20-17(22)13-9-15-16(11(2)3)21-23-18(15)19-10-13/h1,5-11H,2-3H3,(H,20,22). The zero-order chi connectivity index (χ0) is 16.4. The molecule has 5 nitrogen and oxygen atoms in total. The van der Waals surface area contributed by atoms with Crippen LogP contribution in [0.1, 0.15) is 41.4 Å². The topological polar surface area (TPSA) is 68.0 Å². The van der Waals surface area contributed by atoms with Crippen LogP contribution < -0.4 is 5.32 Å². The van der Waals surface area contributed by atoms with Gasteiger partial charge < -0.3 is 9.84 Å². The van der Waals surface area contributed by atoms with Crippen molar-refractivity contribution in [3.05, 3.63) is 53.3 Å². The summed E-state index contributed by atoms with van der Waals surface area (Å²) in [4.78, 5) is 16.6. The Kier molecular flexibility index (Phi) is 3.82. The van der Waals surface area contributed by atoms with Gasteiger partial charge in [0.1, 0.15) is 0 Å². The zero-order valence-corrected chi connectivity index (χ0v) is 12.8. The summed E-state index contributed by atoms with van der Waals surface area (Å²) in [6.07, 6.45) is 6.84. The van der Waals surface area contributed by atoms with Crippen molar-refractivity contribution >= 4 is 22.7 Å². The first-order valence-corrected chi connectivity index (χ1v) is 7.22. The summed E-state index contributed by atoms with van der Waals surface area (Å²) in [6, 6.07) is 8.86. The Morgan fingerprint density at radius 2 is 2.17 bits per heavy atom. The number of hydrogen-bond acceptors (Lipinski definition) is 4. The third-order valence-corrected chi connectivity index (χ3v) is 3.45. The molecule has 0 saturated heterocycles. The lowest BCUT2D eigenvalue weighted by atomic mass is 10.1. The Bertz CT molecular complexity index is 919. The highest BCUT2D eigenvalue weighted by Crippen LogP contribution is 2.24. The molecule has 2 aromatic heterocycles. The Balaban J connectivity index is 1.91. The van der Waals surface area contributed by atoms with E-state index in [1.165, 1.54) is 6.20 Å². The SMILES string of the molecule is C#Cc1cccc(NC(=O)c2cnc3onc(C(C)C)c3c2)c1. The van der Waals surface area contributed by atoms with Gasteiger partial charge in [0.15, 0.2) is 0 Å². The van der Waals surface area contributed by atoms with Crippen molar-refractivity contribution in [2.75, 3.05) is 5.32 Å². The molecule has 114 valence electrons. The molecule has 2 heterocycles. The average molecular weight is 305 g/mol. The monoisotopic (exact) mass is 305 g/mol. The van der Waals surface area contributed by atoms with E-state index >= 15 is 0 Å². The number of anilines is 1. The Morgan fingerprint density at radius 3 is 2.91 bits per heavy atom. The molecule has 1 aromatic carbocycles. The maximum absolute atomic E-state index is 12.4. The molecule has 0 saturated carbocycles. The van der Waals surface area contributed by atoms with Gasteiger partial charge in [-0.3, -0.25) is 4.79 Å². The first kappa shape index (κ1) is 14.8. The molecule has 0 unspecified atom stereocenters. The molecule has 0 radical (unpaired) electrons. The number of aromatic nitrogens is 2. The maximum Gasteiger partial charge on any atom is 0.257 e. The quantitative estimate of drug-likeness (QED) is 0.751.